The first kappa shape index (κ1) is 45.1. The van der Waals surface area contributed by atoms with Crippen molar-refractivity contribution in [3.05, 3.63) is 278 Å². The first-order valence-electron chi connectivity index (χ1n) is 26.9. The first-order chi connectivity index (χ1) is 39.6. The van der Waals surface area contributed by atoms with Gasteiger partial charge in [-0.1, -0.05) is 127 Å². The lowest BCUT2D eigenvalue weighted by Crippen LogP contribution is -2.00. The van der Waals surface area contributed by atoms with Crippen molar-refractivity contribution in [2.45, 2.75) is 0 Å². The van der Waals surface area contributed by atoms with Crippen molar-refractivity contribution < 1.29 is 0 Å². The normalized spacial score (nSPS) is 11.7. The maximum atomic E-state index is 9.53. The minimum atomic E-state index is 0.644. The number of nitrogens with zero attached hydrogens (tertiary/aromatic N) is 6. The van der Waals surface area contributed by atoms with E-state index < -0.39 is 0 Å². The zero-order chi connectivity index (χ0) is 53.0. The van der Waals surface area contributed by atoms with Crippen LogP contribution in [0.4, 0.5) is 0 Å². The van der Waals surface area contributed by atoms with E-state index in [-0.39, 0.29) is 0 Å². The van der Waals surface area contributed by atoms with Crippen LogP contribution in [0.15, 0.2) is 267 Å². The molecule has 0 aliphatic carbocycles. The van der Waals surface area contributed by atoms with Crippen LogP contribution < -0.4 is 0 Å². The summed E-state index contributed by atoms with van der Waals surface area (Å²) in [5.74, 6) is 0. The maximum absolute atomic E-state index is 9.53. The van der Waals surface area contributed by atoms with Gasteiger partial charge in [0.1, 0.15) is 0 Å². The molecule has 4 aromatic heterocycles. The zero-order valence-electron chi connectivity index (χ0n) is 43.1. The number of fused-ring (bicyclic) bond motifs is 12. The second-order valence-electron chi connectivity index (χ2n) is 20.8. The van der Waals surface area contributed by atoms with E-state index in [0.29, 0.717) is 11.1 Å². The summed E-state index contributed by atoms with van der Waals surface area (Å²) in [6.07, 6.45) is 0. The molecule has 0 fully saturated rings. The van der Waals surface area contributed by atoms with Gasteiger partial charge in [-0.15, -0.1) is 0 Å². The van der Waals surface area contributed by atoms with Gasteiger partial charge in [-0.3, -0.25) is 0 Å². The van der Waals surface area contributed by atoms with E-state index in [1.54, 1.807) is 0 Å². The Labute approximate surface area is 459 Å². The third-order valence-electron chi connectivity index (χ3n) is 16.4. The number of hydrogen-bond acceptors (Lipinski definition) is 2. The molecule has 0 atom stereocenters. The van der Waals surface area contributed by atoms with E-state index in [1.165, 1.54) is 43.1 Å². The maximum Gasteiger partial charge on any atom is 0.0991 e. The Morgan fingerprint density at radius 1 is 0.200 bits per heavy atom. The molecule has 80 heavy (non-hydrogen) atoms. The minimum Gasteiger partial charge on any atom is -0.309 e. The molecule has 6 nitrogen and oxygen atoms in total. The van der Waals surface area contributed by atoms with Gasteiger partial charge in [-0.25, -0.2) is 0 Å². The fourth-order valence-electron chi connectivity index (χ4n) is 12.7. The van der Waals surface area contributed by atoms with Crippen molar-refractivity contribution in [3.8, 4) is 68.3 Å². The lowest BCUT2D eigenvalue weighted by atomic mass is 10.0. The topological polar surface area (TPSA) is 67.3 Å². The summed E-state index contributed by atoms with van der Waals surface area (Å²) in [5.41, 5.74) is 21.4. The molecule has 16 rings (SSSR count). The molecule has 16 aromatic rings. The highest BCUT2D eigenvalue weighted by molar-refractivity contribution is 6.15. The van der Waals surface area contributed by atoms with Crippen LogP contribution in [0.5, 0.6) is 0 Å². The van der Waals surface area contributed by atoms with Gasteiger partial charge in [-0.2, -0.15) is 10.5 Å². The highest BCUT2D eigenvalue weighted by atomic mass is 15.0. The second kappa shape index (κ2) is 17.7. The predicted molar refractivity (Wildman–Crippen MR) is 330 cm³/mol. The molecule has 0 unspecified atom stereocenters. The van der Waals surface area contributed by atoms with Crippen molar-refractivity contribution >= 4 is 87.2 Å². The van der Waals surface area contributed by atoms with Gasteiger partial charge < -0.3 is 18.3 Å². The summed E-state index contributed by atoms with van der Waals surface area (Å²) in [6.45, 7) is 0. The second-order valence-corrected chi connectivity index (χ2v) is 20.8. The highest BCUT2D eigenvalue weighted by Crippen LogP contribution is 2.43. The molecule has 0 saturated carbocycles. The van der Waals surface area contributed by atoms with Crippen LogP contribution >= 0.6 is 0 Å². The third kappa shape index (κ3) is 6.90. The van der Waals surface area contributed by atoms with Crippen LogP contribution in [0.3, 0.4) is 0 Å². The fraction of sp³-hybridized carbons (Fsp3) is 0. The Balaban J connectivity index is 0.844. The van der Waals surface area contributed by atoms with Gasteiger partial charge in [0.15, 0.2) is 0 Å². The third-order valence-corrected chi connectivity index (χ3v) is 16.4. The summed E-state index contributed by atoms with van der Waals surface area (Å²) in [5, 5.41) is 28.5. The van der Waals surface area contributed by atoms with Crippen LogP contribution in [-0.2, 0) is 0 Å². The molecule has 4 heterocycles. The summed E-state index contributed by atoms with van der Waals surface area (Å²) in [7, 11) is 0. The molecule has 0 N–H and O–H groups in total. The summed E-state index contributed by atoms with van der Waals surface area (Å²) < 4.78 is 9.48. The van der Waals surface area contributed by atoms with E-state index in [0.717, 1.165) is 100 Å². The number of rotatable bonds is 7. The Hall–Kier alpha value is -11.2. The SMILES string of the molecule is N#Cc1ccc(-n2c3ccccc3c3cc(-c4ccc5c(c4)c4ccccc4n5-c4cc(-c5ccccc5)cc(-n5c6ccccc6c6cc(-c7ccc8c(c7)c7ccccc7n8-c7ccc(C#N)cc7)ccc65)c4)ccc32)cc1. The molecule has 0 saturated heterocycles. The van der Waals surface area contributed by atoms with E-state index in [1.807, 2.05) is 48.5 Å². The number of nitriles is 2. The fourth-order valence-corrected chi connectivity index (χ4v) is 12.7. The van der Waals surface area contributed by atoms with Crippen LogP contribution in [0.1, 0.15) is 11.1 Å². The van der Waals surface area contributed by atoms with Gasteiger partial charge in [0.2, 0.25) is 0 Å². The summed E-state index contributed by atoms with van der Waals surface area (Å²) in [6, 6.07) is 100. The molecule has 0 aliphatic heterocycles. The van der Waals surface area contributed by atoms with Crippen LogP contribution in [0.2, 0.25) is 0 Å². The largest absolute Gasteiger partial charge is 0.309 e. The Kier molecular flexibility index (Phi) is 9.96. The van der Waals surface area contributed by atoms with E-state index in [9.17, 15) is 10.5 Å². The van der Waals surface area contributed by atoms with Crippen LogP contribution in [-0.4, -0.2) is 18.3 Å². The molecule has 6 heteroatoms. The summed E-state index contributed by atoms with van der Waals surface area (Å²) >= 11 is 0. The van der Waals surface area contributed by atoms with Crippen molar-refractivity contribution in [2.75, 3.05) is 0 Å². The van der Waals surface area contributed by atoms with Gasteiger partial charge >= 0.3 is 0 Å². The molecule has 0 amide bonds. The molecule has 0 aliphatic rings. The first-order valence-corrected chi connectivity index (χ1v) is 26.9. The molecule has 0 spiro atoms. The minimum absolute atomic E-state index is 0.644. The van der Waals surface area contributed by atoms with Crippen molar-refractivity contribution in [1.29, 1.82) is 10.5 Å². The van der Waals surface area contributed by atoms with E-state index in [2.05, 4.69) is 249 Å². The van der Waals surface area contributed by atoms with Gasteiger partial charge in [0.25, 0.3) is 0 Å². The molecule has 12 aromatic carbocycles. The quantitative estimate of drug-likeness (QED) is 0.160. The van der Waals surface area contributed by atoms with Gasteiger partial charge in [-0.05, 0) is 173 Å². The lowest BCUT2D eigenvalue weighted by Gasteiger charge is -2.16. The molecule has 0 radical (unpaired) electrons. The molecular weight excluding hydrogens is 973 g/mol. The molecule has 370 valence electrons. The Morgan fingerprint density at radius 2 is 0.487 bits per heavy atom. The van der Waals surface area contributed by atoms with Crippen molar-refractivity contribution in [1.82, 2.24) is 18.3 Å². The molecule has 0 bridgehead atoms. The van der Waals surface area contributed by atoms with Gasteiger partial charge in [0, 0.05) is 65.8 Å². The smallest absolute Gasteiger partial charge is 0.0991 e. The van der Waals surface area contributed by atoms with E-state index >= 15 is 0 Å². The number of para-hydroxylation sites is 4. The number of hydrogen-bond donors (Lipinski definition) is 0. The zero-order valence-corrected chi connectivity index (χ0v) is 43.1. The highest BCUT2D eigenvalue weighted by Gasteiger charge is 2.21. The van der Waals surface area contributed by atoms with Crippen LogP contribution in [0.25, 0.3) is 143 Å². The Morgan fingerprint density at radius 3 is 0.812 bits per heavy atom. The number of benzene rings is 12. The standard InChI is InChI=1S/C74H44N6/c75-45-47-22-30-55(31-23-47)77-67-18-8-4-14-59(67)63-40-50(26-34-71(63)77)52-28-36-73-65(42-52)61-16-6-10-20-69(61)79(73)57-38-54(49-12-2-1-3-13-49)39-58(44-57)80-70-21-11-7-17-62(70)66-43-53(29-37-74(66)80)51-27-35-72-64(41-51)60-15-5-9-19-68(60)78(72)56-32-24-48(46-76)25-33-56/h1-44H. The van der Waals surface area contributed by atoms with Crippen LogP contribution in [0, 0.1) is 22.7 Å². The van der Waals surface area contributed by atoms with Crippen molar-refractivity contribution in [3.63, 3.8) is 0 Å². The average Bonchev–Trinajstić information content (AvgIpc) is 4.31. The van der Waals surface area contributed by atoms with E-state index in [4.69, 9.17) is 0 Å². The number of aromatic nitrogens is 4. The Bertz CT molecular complexity index is 4990. The monoisotopic (exact) mass is 1020 g/mol. The predicted octanol–water partition coefficient (Wildman–Crippen LogP) is 18.8. The van der Waals surface area contributed by atoms with Gasteiger partial charge in [0.05, 0.1) is 67.4 Å². The average molecular weight is 1020 g/mol. The summed E-state index contributed by atoms with van der Waals surface area (Å²) in [4.78, 5) is 0. The molecular formula is C74H44N6. The lowest BCUT2D eigenvalue weighted by molar-refractivity contribution is 1.13. The van der Waals surface area contributed by atoms with Crippen molar-refractivity contribution in [2.24, 2.45) is 0 Å².